The van der Waals surface area contributed by atoms with E-state index in [9.17, 15) is 4.79 Å². The van der Waals surface area contributed by atoms with Crippen LogP contribution in [-0.2, 0) is 11.3 Å². The first-order valence-electron chi connectivity index (χ1n) is 8.52. The van der Waals surface area contributed by atoms with Crippen molar-refractivity contribution < 1.29 is 4.79 Å². The second-order valence-electron chi connectivity index (χ2n) is 6.45. The van der Waals surface area contributed by atoms with E-state index in [0.29, 0.717) is 19.0 Å². The number of hydrogen-bond donors (Lipinski definition) is 1. The van der Waals surface area contributed by atoms with Gasteiger partial charge in [0.15, 0.2) is 0 Å². The molecule has 4 rings (SSSR count). The summed E-state index contributed by atoms with van der Waals surface area (Å²) in [6, 6.07) is 8.14. The normalized spacial score (nSPS) is 18.9. The number of rotatable bonds is 6. The molecule has 6 heteroatoms. The van der Waals surface area contributed by atoms with Gasteiger partial charge in [-0.1, -0.05) is 13.0 Å². The Bertz CT molecular complexity index is 857. The highest BCUT2D eigenvalue weighted by atomic mass is 32.1. The average Bonchev–Trinajstić information content (AvgIpc) is 3.04. The monoisotopic (exact) mass is 352 g/mol. The standard InChI is InChI=1S/C19H20N4OS/c1-13-11-15(13)19(24)21-8-9-23-18(17-3-2-10-25-17)16(12-22-23)14-4-6-20-7-5-14/h2-7,10,12-13,15H,8-9,11H2,1H3,(H,21,24)/t13-,15-/m0/s1. The molecule has 1 aliphatic rings. The van der Waals surface area contributed by atoms with E-state index < -0.39 is 0 Å². The molecular weight excluding hydrogens is 332 g/mol. The highest BCUT2D eigenvalue weighted by molar-refractivity contribution is 7.13. The Kier molecular flexibility index (Phi) is 4.36. The lowest BCUT2D eigenvalue weighted by Gasteiger charge is -2.10. The SMILES string of the molecule is C[C@H]1C[C@@H]1C(=O)NCCn1ncc(-c2ccncc2)c1-c1cccs1. The molecule has 25 heavy (non-hydrogen) atoms. The van der Waals surface area contributed by atoms with Crippen molar-refractivity contribution in [3.05, 3.63) is 48.2 Å². The van der Waals surface area contributed by atoms with E-state index in [1.165, 1.54) is 4.88 Å². The van der Waals surface area contributed by atoms with Crippen LogP contribution in [0.4, 0.5) is 0 Å². The van der Waals surface area contributed by atoms with Gasteiger partial charge >= 0.3 is 0 Å². The topological polar surface area (TPSA) is 59.8 Å². The van der Waals surface area contributed by atoms with Crippen LogP contribution in [-0.4, -0.2) is 27.2 Å². The summed E-state index contributed by atoms with van der Waals surface area (Å²) in [6.45, 7) is 3.37. The first-order valence-corrected chi connectivity index (χ1v) is 9.40. The van der Waals surface area contributed by atoms with Crippen LogP contribution in [0.1, 0.15) is 13.3 Å². The van der Waals surface area contributed by atoms with Crippen molar-refractivity contribution in [3.8, 4) is 21.7 Å². The third-order valence-corrected chi connectivity index (χ3v) is 5.53. The highest BCUT2D eigenvalue weighted by Gasteiger charge is 2.38. The smallest absolute Gasteiger partial charge is 0.223 e. The second kappa shape index (κ2) is 6.80. The van der Waals surface area contributed by atoms with Gasteiger partial charge in [-0.2, -0.15) is 5.10 Å². The predicted molar refractivity (Wildman–Crippen MR) is 99.1 cm³/mol. The number of nitrogens with zero attached hydrogens (tertiary/aromatic N) is 3. The van der Waals surface area contributed by atoms with Crippen molar-refractivity contribution in [2.45, 2.75) is 19.9 Å². The maximum Gasteiger partial charge on any atom is 0.223 e. The van der Waals surface area contributed by atoms with Gasteiger partial charge in [-0.3, -0.25) is 14.5 Å². The summed E-state index contributed by atoms with van der Waals surface area (Å²) in [5.74, 6) is 0.915. The van der Waals surface area contributed by atoms with Gasteiger partial charge < -0.3 is 5.32 Å². The highest BCUT2D eigenvalue weighted by Crippen LogP contribution is 2.37. The summed E-state index contributed by atoms with van der Waals surface area (Å²) in [4.78, 5) is 17.3. The van der Waals surface area contributed by atoms with E-state index in [1.54, 1.807) is 23.7 Å². The summed E-state index contributed by atoms with van der Waals surface area (Å²) in [7, 11) is 0. The molecule has 0 aromatic carbocycles. The van der Waals surface area contributed by atoms with Crippen molar-refractivity contribution >= 4 is 17.2 Å². The first kappa shape index (κ1) is 16.0. The van der Waals surface area contributed by atoms with E-state index >= 15 is 0 Å². The quantitative estimate of drug-likeness (QED) is 0.739. The third kappa shape index (κ3) is 3.35. The van der Waals surface area contributed by atoms with E-state index in [-0.39, 0.29) is 11.8 Å². The van der Waals surface area contributed by atoms with Crippen molar-refractivity contribution in [1.29, 1.82) is 0 Å². The molecule has 0 spiro atoms. The van der Waals surface area contributed by atoms with Crippen molar-refractivity contribution in [2.24, 2.45) is 11.8 Å². The second-order valence-corrected chi connectivity index (χ2v) is 7.40. The van der Waals surface area contributed by atoms with Crippen LogP contribution in [0.3, 0.4) is 0 Å². The van der Waals surface area contributed by atoms with Gasteiger partial charge in [-0.15, -0.1) is 11.3 Å². The number of carbonyl (C=O) groups is 1. The predicted octanol–water partition coefficient (Wildman–Crippen LogP) is 3.45. The molecule has 0 radical (unpaired) electrons. The molecule has 1 N–H and O–H groups in total. The summed E-state index contributed by atoms with van der Waals surface area (Å²) in [5.41, 5.74) is 3.28. The van der Waals surface area contributed by atoms with E-state index in [0.717, 1.165) is 23.2 Å². The number of carbonyl (C=O) groups excluding carboxylic acids is 1. The summed E-state index contributed by atoms with van der Waals surface area (Å²) in [6.07, 6.45) is 6.50. The maximum absolute atomic E-state index is 12.0. The zero-order chi connectivity index (χ0) is 17.2. The molecule has 1 saturated carbocycles. The lowest BCUT2D eigenvalue weighted by atomic mass is 10.1. The Hall–Kier alpha value is -2.47. The molecular formula is C19H20N4OS. The molecule has 5 nitrogen and oxygen atoms in total. The van der Waals surface area contributed by atoms with Gasteiger partial charge in [0.05, 0.1) is 23.3 Å². The molecule has 0 aliphatic heterocycles. The fraction of sp³-hybridized carbons (Fsp3) is 0.316. The maximum atomic E-state index is 12.0. The minimum Gasteiger partial charge on any atom is -0.354 e. The van der Waals surface area contributed by atoms with Gasteiger partial charge in [0.2, 0.25) is 5.91 Å². The third-order valence-electron chi connectivity index (χ3n) is 4.65. The van der Waals surface area contributed by atoms with Gasteiger partial charge in [-0.05, 0) is 41.5 Å². The molecule has 1 aliphatic carbocycles. The molecule has 3 heterocycles. The van der Waals surface area contributed by atoms with E-state index in [2.05, 4.69) is 33.8 Å². The van der Waals surface area contributed by atoms with Gasteiger partial charge in [0.25, 0.3) is 0 Å². The molecule has 2 atom stereocenters. The number of amides is 1. The molecule has 1 amide bonds. The fourth-order valence-corrected chi connectivity index (χ4v) is 3.86. The Morgan fingerprint density at radius 1 is 1.36 bits per heavy atom. The van der Waals surface area contributed by atoms with E-state index in [1.807, 2.05) is 29.1 Å². The molecule has 128 valence electrons. The van der Waals surface area contributed by atoms with E-state index in [4.69, 9.17) is 0 Å². The zero-order valence-corrected chi connectivity index (χ0v) is 14.9. The molecule has 3 aromatic heterocycles. The van der Waals surface area contributed by atoms with Crippen molar-refractivity contribution in [3.63, 3.8) is 0 Å². The van der Waals surface area contributed by atoms with Crippen LogP contribution < -0.4 is 5.32 Å². The van der Waals surface area contributed by atoms with Crippen molar-refractivity contribution in [1.82, 2.24) is 20.1 Å². The lowest BCUT2D eigenvalue weighted by Crippen LogP contribution is -2.29. The van der Waals surface area contributed by atoms with Crippen LogP contribution in [0.5, 0.6) is 0 Å². The molecule has 0 unspecified atom stereocenters. The molecule has 0 saturated heterocycles. The Morgan fingerprint density at radius 3 is 2.84 bits per heavy atom. The summed E-state index contributed by atoms with van der Waals surface area (Å²) < 4.78 is 1.98. The van der Waals surface area contributed by atoms with Crippen LogP contribution in [0, 0.1) is 11.8 Å². The number of aromatic nitrogens is 3. The van der Waals surface area contributed by atoms with Gasteiger partial charge in [-0.25, -0.2) is 0 Å². The zero-order valence-electron chi connectivity index (χ0n) is 14.1. The summed E-state index contributed by atoms with van der Waals surface area (Å²) >= 11 is 1.69. The van der Waals surface area contributed by atoms with Gasteiger partial charge in [0, 0.05) is 30.4 Å². The lowest BCUT2D eigenvalue weighted by molar-refractivity contribution is -0.122. The van der Waals surface area contributed by atoms with Crippen LogP contribution >= 0.6 is 11.3 Å². The number of pyridine rings is 1. The minimum atomic E-state index is 0.173. The van der Waals surface area contributed by atoms with Crippen LogP contribution in [0.2, 0.25) is 0 Å². The van der Waals surface area contributed by atoms with Crippen molar-refractivity contribution in [2.75, 3.05) is 6.54 Å². The number of hydrogen-bond acceptors (Lipinski definition) is 4. The number of thiophene rings is 1. The van der Waals surface area contributed by atoms with Gasteiger partial charge in [0.1, 0.15) is 0 Å². The molecule has 1 fully saturated rings. The average molecular weight is 352 g/mol. The minimum absolute atomic E-state index is 0.173. The Balaban J connectivity index is 1.55. The van der Waals surface area contributed by atoms with Crippen LogP contribution in [0.25, 0.3) is 21.7 Å². The largest absolute Gasteiger partial charge is 0.354 e. The Morgan fingerprint density at radius 2 is 2.16 bits per heavy atom. The van der Waals surface area contributed by atoms with Crippen LogP contribution in [0.15, 0.2) is 48.2 Å². The first-order chi connectivity index (χ1) is 12.2. The molecule has 3 aromatic rings. The summed E-state index contributed by atoms with van der Waals surface area (Å²) in [5, 5.41) is 9.68. The Labute approximate surface area is 150 Å². The fourth-order valence-electron chi connectivity index (χ4n) is 3.07. The molecule has 0 bridgehead atoms. The number of nitrogens with one attached hydrogen (secondary N) is 1.